The summed E-state index contributed by atoms with van der Waals surface area (Å²) in [7, 11) is 0. The minimum Gasteiger partial charge on any atom is -0.464 e. The van der Waals surface area contributed by atoms with Gasteiger partial charge in [-0.3, -0.25) is 4.98 Å². The second-order valence-electron chi connectivity index (χ2n) is 3.35. The minimum absolute atomic E-state index is 0.0782. The maximum atomic E-state index is 13.7. The molecule has 1 aromatic rings. The molecule has 3 nitrogen and oxygen atoms in total. The highest BCUT2D eigenvalue weighted by Crippen LogP contribution is 2.41. The van der Waals surface area contributed by atoms with E-state index in [-0.39, 0.29) is 6.61 Å². The van der Waals surface area contributed by atoms with Gasteiger partial charge < -0.3 is 4.74 Å². The Morgan fingerprint density at radius 3 is 2.42 bits per heavy atom. The molecular formula is C10H7F4I2NO2. The normalized spacial score (nSPS) is 12.4. The number of esters is 1. The molecular weight excluding hydrogens is 496 g/mol. The zero-order chi connectivity index (χ0) is 14.8. The molecule has 1 rings (SSSR count). The number of carbonyl (C=O) groups is 1. The van der Waals surface area contributed by atoms with Gasteiger partial charge in [0, 0.05) is 6.20 Å². The number of ether oxygens (including phenoxy) is 1. The van der Waals surface area contributed by atoms with Crippen LogP contribution in [-0.4, -0.2) is 17.6 Å². The molecule has 0 aromatic carbocycles. The first-order valence-electron chi connectivity index (χ1n) is 4.89. The van der Waals surface area contributed by atoms with Crippen molar-refractivity contribution >= 4 is 51.2 Å². The Balaban J connectivity index is 3.19. The van der Waals surface area contributed by atoms with Gasteiger partial charge in [0.2, 0.25) is 1.43 Å². The summed E-state index contributed by atoms with van der Waals surface area (Å²) < 4.78 is 54.0. The van der Waals surface area contributed by atoms with Gasteiger partial charge in [0.05, 0.1) is 12.2 Å². The molecule has 0 saturated heterocycles. The Bertz CT molecular complexity index is 491. The van der Waals surface area contributed by atoms with E-state index in [4.69, 9.17) is 4.74 Å². The van der Waals surface area contributed by atoms with E-state index in [0.717, 1.165) is 0 Å². The van der Waals surface area contributed by atoms with Crippen molar-refractivity contribution in [2.45, 2.75) is 14.5 Å². The van der Waals surface area contributed by atoms with Crippen LogP contribution in [0, 0.1) is 5.82 Å². The molecule has 0 aliphatic carbocycles. The number of pyridine rings is 1. The molecule has 19 heavy (non-hydrogen) atoms. The van der Waals surface area contributed by atoms with Gasteiger partial charge in [-0.15, -0.1) is 0 Å². The molecule has 0 amide bonds. The number of aromatic nitrogens is 1. The van der Waals surface area contributed by atoms with Crippen LogP contribution in [0.2, 0.25) is 0 Å². The van der Waals surface area contributed by atoms with E-state index in [0.29, 0.717) is 12.3 Å². The molecule has 9 heteroatoms. The molecule has 0 bridgehead atoms. The van der Waals surface area contributed by atoms with Crippen molar-refractivity contribution in [3.8, 4) is 0 Å². The van der Waals surface area contributed by atoms with E-state index < -0.39 is 30.6 Å². The predicted octanol–water partition coefficient (Wildman–Crippen LogP) is 3.83. The maximum absolute atomic E-state index is 13.7. The highest BCUT2D eigenvalue weighted by atomic mass is 127. The predicted molar refractivity (Wildman–Crippen MR) is 75.5 cm³/mol. The first-order chi connectivity index (χ1) is 8.60. The van der Waals surface area contributed by atoms with Gasteiger partial charge in [0.1, 0.15) is 11.5 Å². The van der Waals surface area contributed by atoms with Gasteiger partial charge in [0.15, 0.2) is 0 Å². The van der Waals surface area contributed by atoms with Crippen LogP contribution >= 0.6 is 45.2 Å². The van der Waals surface area contributed by atoms with Crippen molar-refractivity contribution in [3.63, 3.8) is 0 Å². The number of hydrogen-bond donors (Lipinski definition) is 0. The molecule has 1 aromatic heterocycles. The lowest BCUT2D eigenvalue weighted by Crippen LogP contribution is -2.27. The van der Waals surface area contributed by atoms with Crippen LogP contribution in [0.5, 0.6) is 0 Å². The summed E-state index contributed by atoms with van der Waals surface area (Å²) in [6.07, 6.45) is -4.20. The lowest BCUT2D eigenvalue weighted by molar-refractivity contribution is -0.142. The molecule has 0 spiro atoms. The molecule has 0 atom stereocenters. The summed E-state index contributed by atoms with van der Waals surface area (Å²) in [5.41, 5.74) is -1.61. The summed E-state index contributed by atoms with van der Waals surface area (Å²) in [4.78, 5) is 15.0. The Labute approximate surface area is 133 Å². The fraction of sp³-hybridized carbons (Fsp3) is 0.400. The number of hydrogen-bond acceptors (Lipinski definition) is 3. The fourth-order valence-corrected chi connectivity index (χ4v) is 2.25. The zero-order valence-corrected chi connectivity index (χ0v) is 13.7. The summed E-state index contributed by atoms with van der Waals surface area (Å²) in [6.45, 7) is 1.65. The largest absolute Gasteiger partial charge is 0.464 e. The van der Waals surface area contributed by atoms with Gasteiger partial charge in [-0.25, -0.2) is 9.18 Å². The zero-order valence-electron chi connectivity index (χ0n) is 9.39. The molecule has 0 aliphatic heterocycles. The average molecular weight is 503 g/mol. The quantitative estimate of drug-likeness (QED) is 0.273. The lowest BCUT2D eigenvalue weighted by Gasteiger charge is -2.19. The highest BCUT2D eigenvalue weighted by Gasteiger charge is 2.41. The monoisotopic (exact) mass is 503 g/mol. The van der Waals surface area contributed by atoms with Crippen LogP contribution in [-0.2, 0) is 17.1 Å². The second kappa shape index (κ2) is 6.06. The summed E-state index contributed by atoms with van der Waals surface area (Å²) in [6, 6.07) is 0.313. The van der Waals surface area contributed by atoms with Crippen molar-refractivity contribution in [2.24, 2.45) is 0 Å². The smallest absolute Gasteiger partial charge is 0.417 e. The van der Waals surface area contributed by atoms with Crippen molar-refractivity contribution in [1.29, 1.82) is 0 Å². The van der Waals surface area contributed by atoms with Gasteiger partial charge in [-0.1, -0.05) is 0 Å². The highest BCUT2D eigenvalue weighted by molar-refractivity contribution is 14.2. The minimum atomic E-state index is -4.69. The summed E-state index contributed by atoms with van der Waals surface area (Å²) in [5, 5.41) is 0. The lowest BCUT2D eigenvalue weighted by atomic mass is 10.2. The van der Waals surface area contributed by atoms with Crippen LogP contribution in [0.25, 0.3) is 0 Å². The standard InChI is InChI=1S/C10H7F4I2NO2/c1-2-19-8(18)9(15,16)7-6(11)3-5(4-17-7)10(12,13)14/h3-4H,2H2,1H3. The number of carbonyl (C=O) groups excluding carboxylic acids is 1. The Kier molecular flexibility index (Phi) is 5.37. The topological polar surface area (TPSA) is 39.2 Å². The summed E-state index contributed by atoms with van der Waals surface area (Å²) in [5.74, 6) is -1.98. The van der Waals surface area contributed by atoms with Crippen molar-refractivity contribution in [2.75, 3.05) is 6.61 Å². The van der Waals surface area contributed by atoms with Crippen molar-refractivity contribution in [3.05, 3.63) is 29.3 Å². The van der Waals surface area contributed by atoms with Crippen molar-refractivity contribution in [1.82, 2.24) is 4.98 Å². The number of nitrogens with zero attached hydrogens (tertiary/aromatic N) is 1. The van der Waals surface area contributed by atoms with E-state index in [1.165, 1.54) is 0 Å². The molecule has 0 radical (unpaired) electrons. The second-order valence-corrected chi connectivity index (χ2v) is 8.65. The van der Waals surface area contributed by atoms with Gasteiger partial charge >= 0.3 is 12.1 Å². The van der Waals surface area contributed by atoms with Crippen LogP contribution in [0.1, 0.15) is 18.2 Å². The van der Waals surface area contributed by atoms with Gasteiger partial charge in [-0.2, -0.15) is 13.2 Å². The van der Waals surface area contributed by atoms with E-state index in [9.17, 15) is 22.4 Å². The van der Waals surface area contributed by atoms with E-state index in [1.807, 2.05) is 0 Å². The van der Waals surface area contributed by atoms with Crippen LogP contribution < -0.4 is 0 Å². The van der Waals surface area contributed by atoms with E-state index >= 15 is 0 Å². The Morgan fingerprint density at radius 2 is 2.00 bits per heavy atom. The number of halogens is 6. The molecule has 1 heterocycles. The Hall–Kier alpha value is -0.200. The third-order valence-corrected chi connectivity index (χ3v) is 3.90. The first-order valence-corrected chi connectivity index (χ1v) is 7.04. The SMILES string of the molecule is CCOC(=O)C(I)(I)c1ncc(C(F)(F)F)cc1F. The van der Waals surface area contributed by atoms with Gasteiger partial charge in [0.25, 0.3) is 0 Å². The summed E-state index contributed by atoms with van der Waals surface area (Å²) >= 11 is 3.16. The van der Waals surface area contributed by atoms with E-state index in [2.05, 4.69) is 4.98 Å². The molecule has 0 aliphatic rings. The number of alkyl halides is 5. The van der Waals surface area contributed by atoms with Crippen molar-refractivity contribution < 1.29 is 27.1 Å². The molecule has 106 valence electrons. The number of rotatable bonds is 3. The average Bonchev–Trinajstić information content (AvgIpc) is 2.27. The van der Waals surface area contributed by atoms with Crippen LogP contribution in [0.15, 0.2) is 12.3 Å². The molecule has 0 N–H and O–H groups in total. The van der Waals surface area contributed by atoms with Gasteiger partial charge in [-0.05, 0) is 58.2 Å². The molecule has 0 fully saturated rings. The third kappa shape index (κ3) is 3.89. The maximum Gasteiger partial charge on any atom is 0.417 e. The van der Waals surface area contributed by atoms with Crippen LogP contribution in [0.4, 0.5) is 17.6 Å². The van der Waals surface area contributed by atoms with Crippen LogP contribution in [0.3, 0.4) is 0 Å². The first kappa shape index (κ1) is 16.9. The fourth-order valence-electron chi connectivity index (χ4n) is 1.14. The van der Waals surface area contributed by atoms with E-state index in [1.54, 1.807) is 52.1 Å². The Morgan fingerprint density at radius 1 is 1.42 bits per heavy atom. The molecule has 0 saturated carbocycles. The molecule has 0 unspecified atom stereocenters. The third-order valence-electron chi connectivity index (χ3n) is 2.00.